The summed E-state index contributed by atoms with van der Waals surface area (Å²) in [5.74, 6) is 5.89. The van der Waals surface area contributed by atoms with Gasteiger partial charge < -0.3 is 0 Å². The fourth-order valence-electron chi connectivity index (χ4n) is 1.08. The van der Waals surface area contributed by atoms with Crippen LogP contribution in [0.15, 0.2) is 10.8 Å². The first kappa shape index (κ1) is 10.0. The third-order valence-corrected chi connectivity index (χ3v) is 2.67. The zero-order valence-corrected chi connectivity index (χ0v) is 8.70. The van der Waals surface area contributed by atoms with Crippen LogP contribution in [0.1, 0.15) is 35.7 Å². The summed E-state index contributed by atoms with van der Waals surface area (Å²) in [5.41, 5.74) is 1.95. The molecule has 1 aromatic heterocycles. The van der Waals surface area contributed by atoms with Gasteiger partial charge in [0.1, 0.15) is 0 Å². The second-order valence-electron chi connectivity index (χ2n) is 2.82. The Bertz CT molecular complexity index is 352. The summed E-state index contributed by atoms with van der Waals surface area (Å²) in [6.07, 6.45) is 1.21. The van der Waals surface area contributed by atoms with Crippen molar-refractivity contribution in [2.24, 2.45) is 0 Å². The number of thiophene rings is 1. The van der Waals surface area contributed by atoms with E-state index in [1.54, 1.807) is 18.3 Å². The Hall–Kier alpha value is -1.07. The standard InChI is InChI=1S/C11H12OS/c1-3-4-5-6-11(12)10-8-13-7-9(10)2/h7-8H,5-6H2,1-2H3. The minimum absolute atomic E-state index is 0.210. The van der Waals surface area contributed by atoms with Crippen molar-refractivity contribution in [1.29, 1.82) is 0 Å². The molecule has 1 nitrogen and oxygen atoms in total. The highest BCUT2D eigenvalue weighted by Gasteiger charge is 2.08. The summed E-state index contributed by atoms with van der Waals surface area (Å²) in [7, 11) is 0. The van der Waals surface area contributed by atoms with E-state index in [1.165, 1.54) is 0 Å². The quantitative estimate of drug-likeness (QED) is 0.531. The fraction of sp³-hybridized carbons (Fsp3) is 0.364. The van der Waals surface area contributed by atoms with Crippen molar-refractivity contribution in [3.05, 3.63) is 21.9 Å². The zero-order valence-electron chi connectivity index (χ0n) is 7.89. The molecule has 0 aliphatic carbocycles. The Morgan fingerprint density at radius 3 is 2.85 bits per heavy atom. The van der Waals surface area contributed by atoms with Gasteiger partial charge in [-0.25, -0.2) is 0 Å². The van der Waals surface area contributed by atoms with Crippen molar-refractivity contribution in [1.82, 2.24) is 0 Å². The van der Waals surface area contributed by atoms with Crippen LogP contribution in [-0.2, 0) is 0 Å². The first-order chi connectivity index (χ1) is 6.25. The molecular formula is C11H12OS. The minimum atomic E-state index is 0.210. The van der Waals surface area contributed by atoms with Crippen LogP contribution >= 0.6 is 11.3 Å². The number of carbonyl (C=O) groups excluding carboxylic acids is 1. The predicted octanol–water partition coefficient (Wildman–Crippen LogP) is 3.04. The molecule has 0 aliphatic heterocycles. The molecule has 0 bridgehead atoms. The summed E-state index contributed by atoms with van der Waals surface area (Å²) in [4.78, 5) is 11.5. The predicted molar refractivity (Wildman–Crippen MR) is 56.1 cm³/mol. The van der Waals surface area contributed by atoms with Gasteiger partial charge in [-0.05, 0) is 24.8 Å². The van der Waals surface area contributed by atoms with Gasteiger partial charge in [0, 0.05) is 23.8 Å². The lowest BCUT2D eigenvalue weighted by atomic mass is 10.1. The third-order valence-electron chi connectivity index (χ3n) is 1.81. The van der Waals surface area contributed by atoms with Crippen molar-refractivity contribution >= 4 is 17.1 Å². The smallest absolute Gasteiger partial charge is 0.164 e. The van der Waals surface area contributed by atoms with Crippen molar-refractivity contribution in [2.45, 2.75) is 26.7 Å². The van der Waals surface area contributed by atoms with Crippen molar-refractivity contribution in [3.63, 3.8) is 0 Å². The lowest BCUT2D eigenvalue weighted by molar-refractivity contribution is 0.0984. The summed E-state index contributed by atoms with van der Waals surface area (Å²) in [5, 5.41) is 3.91. The van der Waals surface area contributed by atoms with Crippen LogP contribution in [-0.4, -0.2) is 5.78 Å². The normalized spacial score (nSPS) is 9.08. The van der Waals surface area contributed by atoms with E-state index in [9.17, 15) is 4.79 Å². The Morgan fingerprint density at radius 2 is 2.31 bits per heavy atom. The molecule has 2 heteroatoms. The largest absolute Gasteiger partial charge is 0.294 e. The minimum Gasteiger partial charge on any atom is -0.294 e. The molecule has 1 rings (SSSR count). The molecule has 0 saturated heterocycles. The number of carbonyl (C=O) groups is 1. The maximum atomic E-state index is 11.5. The summed E-state index contributed by atoms with van der Waals surface area (Å²) < 4.78 is 0. The fourth-order valence-corrected chi connectivity index (χ4v) is 1.93. The second kappa shape index (κ2) is 4.84. The molecule has 68 valence electrons. The zero-order chi connectivity index (χ0) is 9.68. The summed E-state index contributed by atoms with van der Waals surface area (Å²) in [6.45, 7) is 3.76. The third kappa shape index (κ3) is 2.71. The maximum Gasteiger partial charge on any atom is 0.164 e. The molecule has 1 heterocycles. The first-order valence-corrected chi connectivity index (χ1v) is 5.15. The van der Waals surface area contributed by atoms with Crippen molar-refractivity contribution < 1.29 is 4.79 Å². The molecule has 0 saturated carbocycles. The van der Waals surface area contributed by atoms with Gasteiger partial charge in [-0.3, -0.25) is 4.79 Å². The van der Waals surface area contributed by atoms with Crippen LogP contribution in [0.4, 0.5) is 0 Å². The maximum absolute atomic E-state index is 11.5. The van der Waals surface area contributed by atoms with E-state index in [2.05, 4.69) is 11.8 Å². The van der Waals surface area contributed by atoms with Gasteiger partial charge in [-0.2, -0.15) is 11.3 Å². The first-order valence-electron chi connectivity index (χ1n) is 4.21. The van der Waals surface area contributed by atoms with Gasteiger partial charge in [0.15, 0.2) is 5.78 Å². The molecule has 0 amide bonds. The lowest BCUT2D eigenvalue weighted by Gasteiger charge is -1.95. The highest BCUT2D eigenvalue weighted by atomic mass is 32.1. The average molecular weight is 192 g/mol. The number of rotatable bonds is 3. The van der Waals surface area contributed by atoms with Crippen LogP contribution in [0, 0.1) is 18.8 Å². The van der Waals surface area contributed by atoms with Crippen LogP contribution < -0.4 is 0 Å². The van der Waals surface area contributed by atoms with Gasteiger partial charge in [0.05, 0.1) is 0 Å². The van der Waals surface area contributed by atoms with E-state index in [0.29, 0.717) is 12.8 Å². The molecule has 0 radical (unpaired) electrons. The van der Waals surface area contributed by atoms with Gasteiger partial charge in [0.25, 0.3) is 0 Å². The van der Waals surface area contributed by atoms with E-state index >= 15 is 0 Å². The molecule has 0 aliphatic rings. The summed E-state index contributed by atoms with van der Waals surface area (Å²) in [6, 6.07) is 0. The Balaban J connectivity index is 2.57. The topological polar surface area (TPSA) is 17.1 Å². The molecule has 0 aromatic carbocycles. The number of Topliss-reactive ketones (excluding diaryl/α,β-unsaturated/α-hetero) is 1. The molecule has 1 aromatic rings. The van der Waals surface area contributed by atoms with Crippen LogP contribution in [0.25, 0.3) is 0 Å². The number of hydrogen-bond donors (Lipinski definition) is 0. The number of hydrogen-bond acceptors (Lipinski definition) is 2. The van der Waals surface area contributed by atoms with Gasteiger partial charge >= 0.3 is 0 Å². The molecular weight excluding hydrogens is 180 g/mol. The van der Waals surface area contributed by atoms with Crippen molar-refractivity contribution in [3.8, 4) is 11.8 Å². The monoisotopic (exact) mass is 192 g/mol. The highest BCUT2D eigenvalue weighted by molar-refractivity contribution is 7.08. The summed E-state index contributed by atoms with van der Waals surface area (Å²) >= 11 is 1.58. The molecule has 0 N–H and O–H groups in total. The van der Waals surface area contributed by atoms with Gasteiger partial charge in [-0.1, -0.05) is 0 Å². The number of aryl methyl sites for hydroxylation is 1. The van der Waals surface area contributed by atoms with Crippen molar-refractivity contribution in [2.75, 3.05) is 0 Å². The van der Waals surface area contributed by atoms with Crippen LogP contribution in [0.2, 0.25) is 0 Å². The average Bonchev–Trinajstić information content (AvgIpc) is 2.52. The molecule has 13 heavy (non-hydrogen) atoms. The SMILES string of the molecule is CC#CCCC(=O)c1cscc1C. The van der Waals surface area contributed by atoms with Crippen LogP contribution in [0.3, 0.4) is 0 Å². The van der Waals surface area contributed by atoms with Crippen LogP contribution in [0.5, 0.6) is 0 Å². The van der Waals surface area contributed by atoms with E-state index in [1.807, 2.05) is 17.7 Å². The van der Waals surface area contributed by atoms with E-state index < -0.39 is 0 Å². The molecule has 0 spiro atoms. The number of ketones is 1. The molecule has 0 atom stereocenters. The van der Waals surface area contributed by atoms with Gasteiger partial charge in [0.2, 0.25) is 0 Å². The second-order valence-corrected chi connectivity index (χ2v) is 3.56. The Morgan fingerprint density at radius 1 is 1.54 bits per heavy atom. The van der Waals surface area contributed by atoms with E-state index in [-0.39, 0.29) is 5.78 Å². The molecule has 0 fully saturated rings. The highest BCUT2D eigenvalue weighted by Crippen LogP contribution is 2.15. The lowest BCUT2D eigenvalue weighted by Crippen LogP contribution is -1.97. The van der Waals surface area contributed by atoms with E-state index in [0.717, 1.165) is 11.1 Å². The Labute approximate surface area is 82.8 Å². The molecule has 0 unspecified atom stereocenters. The van der Waals surface area contributed by atoms with E-state index in [4.69, 9.17) is 0 Å². The van der Waals surface area contributed by atoms with Gasteiger partial charge in [-0.15, -0.1) is 11.8 Å². The Kier molecular flexibility index (Phi) is 3.72.